The molecule has 2 aromatic rings. The van der Waals surface area contributed by atoms with Gasteiger partial charge in [-0.15, -0.1) is 0 Å². The predicted octanol–water partition coefficient (Wildman–Crippen LogP) is 1.73. The van der Waals surface area contributed by atoms with Crippen LogP contribution in [-0.2, 0) is 27.3 Å². The number of nitrogens with zero attached hydrogens (tertiary/aromatic N) is 1. The zero-order valence-corrected chi connectivity index (χ0v) is 13.5. The molecule has 0 aliphatic heterocycles. The van der Waals surface area contributed by atoms with Gasteiger partial charge in [0.2, 0.25) is 0 Å². The van der Waals surface area contributed by atoms with Crippen molar-refractivity contribution in [1.29, 1.82) is 0 Å². The lowest BCUT2D eigenvalue weighted by molar-refractivity contribution is -0.143. The average molecular weight is 332 g/mol. The number of aromatic nitrogens is 1. The summed E-state index contributed by atoms with van der Waals surface area (Å²) in [6.45, 7) is 2.77. The largest absolute Gasteiger partial charge is 0.461 e. The van der Waals surface area contributed by atoms with Gasteiger partial charge < -0.3 is 19.2 Å². The molecular formula is C17H20N2O5. The van der Waals surface area contributed by atoms with E-state index in [1.807, 2.05) is 30.3 Å². The predicted molar refractivity (Wildman–Crippen MR) is 85.3 cm³/mol. The smallest absolute Gasteiger partial charge is 0.360 e. The standard InChI is InChI=1S/C17H20N2O5/c1-2-22-17(21)16-14(24-12-19-16)8-9-18-10-15(20)23-11-13-6-4-3-5-7-13/h3-7,12,18H,2,8-11H2,1H3. The van der Waals surface area contributed by atoms with Gasteiger partial charge in [0.25, 0.3) is 0 Å². The van der Waals surface area contributed by atoms with Crippen LogP contribution in [0.4, 0.5) is 0 Å². The molecule has 1 heterocycles. The Hall–Kier alpha value is -2.67. The number of hydrogen-bond donors (Lipinski definition) is 1. The van der Waals surface area contributed by atoms with E-state index in [9.17, 15) is 9.59 Å². The van der Waals surface area contributed by atoms with Crippen molar-refractivity contribution in [2.75, 3.05) is 19.7 Å². The summed E-state index contributed by atoms with van der Waals surface area (Å²) in [4.78, 5) is 27.1. The van der Waals surface area contributed by atoms with Gasteiger partial charge in [-0.2, -0.15) is 0 Å². The van der Waals surface area contributed by atoms with Crippen LogP contribution >= 0.6 is 0 Å². The van der Waals surface area contributed by atoms with Crippen LogP contribution in [0.25, 0.3) is 0 Å². The second kappa shape index (κ2) is 9.46. The number of carbonyl (C=O) groups excluding carboxylic acids is 2. The van der Waals surface area contributed by atoms with Gasteiger partial charge in [-0.1, -0.05) is 30.3 Å². The molecular weight excluding hydrogens is 312 g/mol. The molecule has 0 aliphatic rings. The molecule has 1 aromatic carbocycles. The zero-order chi connectivity index (χ0) is 17.2. The van der Waals surface area contributed by atoms with Gasteiger partial charge in [-0.3, -0.25) is 4.79 Å². The molecule has 24 heavy (non-hydrogen) atoms. The van der Waals surface area contributed by atoms with Crippen LogP contribution in [0.1, 0.15) is 28.7 Å². The van der Waals surface area contributed by atoms with E-state index in [1.165, 1.54) is 6.39 Å². The van der Waals surface area contributed by atoms with Crippen LogP contribution < -0.4 is 5.32 Å². The first-order valence-corrected chi connectivity index (χ1v) is 7.70. The average Bonchev–Trinajstić information content (AvgIpc) is 3.07. The Balaban J connectivity index is 1.67. The monoisotopic (exact) mass is 332 g/mol. The van der Waals surface area contributed by atoms with E-state index in [2.05, 4.69) is 10.3 Å². The molecule has 0 spiro atoms. The highest BCUT2D eigenvalue weighted by molar-refractivity contribution is 5.88. The number of ether oxygens (including phenoxy) is 2. The Morgan fingerprint density at radius 1 is 1.21 bits per heavy atom. The Kier molecular flexibility index (Phi) is 6.97. The number of esters is 2. The summed E-state index contributed by atoms with van der Waals surface area (Å²) < 4.78 is 15.2. The van der Waals surface area contributed by atoms with Crippen molar-refractivity contribution in [2.45, 2.75) is 20.0 Å². The Morgan fingerprint density at radius 3 is 2.75 bits per heavy atom. The minimum Gasteiger partial charge on any atom is -0.461 e. The third-order valence-corrected chi connectivity index (χ3v) is 3.15. The first-order chi connectivity index (χ1) is 11.7. The zero-order valence-electron chi connectivity index (χ0n) is 13.5. The minimum absolute atomic E-state index is 0.0791. The number of oxazole rings is 1. The fourth-order valence-corrected chi connectivity index (χ4v) is 2.00. The van der Waals surface area contributed by atoms with E-state index in [0.29, 0.717) is 18.7 Å². The fraction of sp³-hybridized carbons (Fsp3) is 0.353. The Morgan fingerprint density at radius 2 is 2.00 bits per heavy atom. The van der Waals surface area contributed by atoms with Gasteiger partial charge in [-0.25, -0.2) is 9.78 Å². The molecule has 0 saturated heterocycles. The lowest BCUT2D eigenvalue weighted by Crippen LogP contribution is -2.26. The maximum absolute atomic E-state index is 11.6. The normalized spacial score (nSPS) is 10.4. The van der Waals surface area contributed by atoms with Gasteiger partial charge in [-0.05, 0) is 12.5 Å². The lowest BCUT2D eigenvalue weighted by atomic mass is 10.2. The molecule has 7 heteroatoms. The van der Waals surface area contributed by atoms with Crippen molar-refractivity contribution in [3.05, 3.63) is 53.7 Å². The van der Waals surface area contributed by atoms with Crippen LogP contribution in [0.15, 0.2) is 41.1 Å². The summed E-state index contributed by atoms with van der Waals surface area (Å²) in [5.74, 6) is -0.427. The summed E-state index contributed by atoms with van der Waals surface area (Å²) in [5, 5.41) is 2.94. The molecule has 0 radical (unpaired) electrons. The van der Waals surface area contributed by atoms with Crippen molar-refractivity contribution in [3.63, 3.8) is 0 Å². The molecule has 2 rings (SSSR count). The van der Waals surface area contributed by atoms with E-state index in [4.69, 9.17) is 13.9 Å². The first kappa shape index (κ1) is 17.7. The van der Waals surface area contributed by atoms with E-state index >= 15 is 0 Å². The minimum atomic E-state index is -0.511. The highest BCUT2D eigenvalue weighted by Gasteiger charge is 2.17. The summed E-state index contributed by atoms with van der Waals surface area (Å²) >= 11 is 0. The van der Waals surface area contributed by atoms with Crippen molar-refractivity contribution in [2.24, 2.45) is 0 Å². The number of benzene rings is 1. The SMILES string of the molecule is CCOC(=O)c1ncoc1CCNCC(=O)OCc1ccccc1. The highest BCUT2D eigenvalue weighted by Crippen LogP contribution is 2.08. The first-order valence-electron chi connectivity index (χ1n) is 7.70. The molecule has 1 N–H and O–H groups in total. The summed E-state index contributed by atoms with van der Waals surface area (Å²) in [7, 11) is 0. The quantitative estimate of drug-likeness (QED) is 0.552. The van der Waals surface area contributed by atoms with Crippen molar-refractivity contribution < 1.29 is 23.5 Å². The maximum Gasteiger partial charge on any atom is 0.360 e. The summed E-state index contributed by atoms with van der Waals surface area (Å²) in [5.41, 5.74) is 1.11. The van der Waals surface area contributed by atoms with Gasteiger partial charge in [0, 0.05) is 13.0 Å². The van der Waals surface area contributed by atoms with Crippen molar-refractivity contribution in [3.8, 4) is 0 Å². The third kappa shape index (κ3) is 5.51. The van der Waals surface area contributed by atoms with Gasteiger partial charge in [0.1, 0.15) is 12.4 Å². The third-order valence-electron chi connectivity index (χ3n) is 3.15. The maximum atomic E-state index is 11.6. The summed E-state index contributed by atoms with van der Waals surface area (Å²) in [6, 6.07) is 9.46. The van der Waals surface area contributed by atoms with Gasteiger partial charge >= 0.3 is 11.9 Å². The second-order valence-corrected chi connectivity index (χ2v) is 4.92. The molecule has 0 atom stereocenters. The lowest BCUT2D eigenvalue weighted by Gasteiger charge is -2.06. The van der Waals surface area contributed by atoms with Crippen molar-refractivity contribution in [1.82, 2.24) is 10.3 Å². The number of hydrogen-bond acceptors (Lipinski definition) is 7. The van der Waals surface area contributed by atoms with E-state index < -0.39 is 5.97 Å². The molecule has 0 saturated carbocycles. The molecule has 0 amide bonds. The van der Waals surface area contributed by atoms with E-state index in [-0.39, 0.29) is 31.4 Å². The van der Waals surface area contributed by atoms with E-state index in [1.54, 1.807) is 6.92 Å². The molecule has 0 fully saturated rings. The van der Waals surface area contributed by atoms with E-state index in [0.717, 1.165) is 5.56 Å². The second-order valence-electron chi connectivity index (χ2n) is 4.92. The molecule has 0 bridgehead atoms. The molecule has 7 nitrogen and oxygen atoms in total. The topological polar surface area (TPSA) is 90.7 Å². The van der Waals surface area contributed by atoms with Crippen LogP contribution in [-0.4, -0.2) is 36.6 Å². The molecule has 0 aliphatic carbocycles. The molecule has 1 aromatic heterocycles. The summed E-state index contributed by atoms with van der Waals surface area (Å²) in [6.07, 6.45) is 1.62. The molecule has 128 valence electrons. The van der Waals surface area contributed by atoms with Crippen LogP contribution in [0.3, 0.4) is 0 Å². The van der Waals surface area contributed by atoms with Crippen LogP contribution in [0, 0.1) is 0 Å². The van der Waals surface area contributed by atoms with Gasteiger partial charge in [0.15, 0.2) is 12.1 Å². The fourth-order valence-electron chi connectivity index (χ4n) is 2.00. The van der Waals surface area contributed by atoms with Crippen molar-refractivity contribution >= 4 is 11.9 Å². The van der Waals surface area contributed by atoms with Crippen LogP contribution in [0.2, 0.25) is 0 Å². The number of rotatable bonds is 9. The number of carbonyl (C=O) groups is 2. The Labute approximate surface area is 140 Å². The molecule has 0 unspecified atom stereocenters. The van der Waals surface area contributed by atoms with Gasteiger partial charge in [0.05, 0.1) is 13.2 Å². The highest BCUT2D eigenvalue weighted by atomic mass is 16.5. The Bertz CT molecular complexity index is 654. The van der Waals surface area contributed by atoms with Crippen LogP contribution in [0.5, 0.6) is 0 Å². The number of nitrogens with one attached hydrogen (secondary N) is 1.